The number of aryl methyl sites for hydroxylation is 2. The zero-order valence-electron chi connectivity index (χ0n) is 13.4. The molecule has 0 radical (unpaired) electrons. The maximum Gasteiger partial charge on any atom is 0.407 e. The first-order valence-corrected chi connectivity index (χ1v) is 7.87. The zero-order valence-corrected chi connectivity index (χ0v) is 13.4. The first-order valence-electron chi connectivity index (χ1n) is 7.87. The third-order valence-corrected chi connectivity index (χ3v) is 3.86. The Morgan fingerprint density at radius 1 is 1.23 bits per heavy atom. The van der Waals surface area contributed by atoms with E-state index < -0.39 is 12.1 Å². The minimum absolute atomic E-state index is 0.0289. The van der Waals surface area contributed by atoms with E-state index in [1.54, 1.807) is 6.92 Å². The highest BCUT2D eigenvalue weighted by Gasteiger charge is 2.25. The smallest absolute Gasteiger partial charge is 0.407 e. The number of fused-ring (bicyclic) bond motifs is 1. The largest absolute Gasteiger partial charge is 0.450 e. The van der Waals surface area contributed by atoms with Gasteiger partial charge in [0, 0.05) is 5.69 Å². The molecule has 0 saturated carbocycles. The summed E-state index contributed by atoms with van der Waals surface area (Å²) in [6, 6.07) is 5.40. The van der Waals surface area contributed by atoms with E-state index >= 15 is 0 Å². The van der Waals surface area contributed by atoms with Crippen molar-refractivity contribution in [1.82, 2.24) is 5.32 Å². The van der Waals surface area contributed by atoms with Crippen LogP contribution in [0.3, 0.4) is 0 Å². The van der Waals surface area contributed by atoms with Gasteiger partial charge in [-0.05, 0) is 55.4 Å². The third kappa shape index (κ3) is 4.00. The number of anilines is 1. The summed E-state index contributed by atoms with van der Waals surface area (Å²) in [6.07, 6.45) is 2.78. The summed E-state index contributed by atoms with van der Waals surface area (Å²) in [5, 5.41) is 5.51. The molecule has 1 aliphatic rings. The number of alkyl carbamates (subject to hydrolysis) is 1. The fourth-order valence-electron chi connectivity index (χ4n) is 2.70. The predicted octanol–water partition coefficient (Wildman–Crippen LogP) is 2.88. The van der Waals surface area contributed by atoms with Gasteiger partial charge >= 0.3 is 6.09 Å². The lowest BCUT2D eigenvalue weighted by molar-refractivity contribution is -0.119. The molecule has 0 heterocycles. The quantitative estimate of drug-likeness (QED) is 0.879. The van der Waals surface area contributed by atoms with Gasteiger partial charge in [0.1, 0.15) is 6.04 Å². The molecule has 1 aromatic carbocycles. The molecule has 0 aliphatic heterocycles. The van der Waals surface area contributed by atoms with Gasteiger partial charge in [-0.3, -0.25) is 4.79 Å². The lowest BCUT2D eigenvalue weighted by Crippen LogP contribution is -2.47. The van der Waals surface area contributed by atoms with Gasteiger partial charge in [-0.2, -0.15) is 0 Å². The van der Waals surface area contributed by atoms with Crippen LogP contribution in [0.2, 0.25) is 0 Å². The van der Waals surface area contributed by atoms with Crippen LogP contribution in [-0.4, -0.2) is 24.6 Å². The minimum Gasteiger partial charge on any atom is -0.450 e. The first-order chi connectivity index (χ1) is 10.5. The van der Waals surface area contributed by atoms with Crippen molar-refractivity contribution in [3.05, 3.63) is 29.3 Å². The molecule has 1 aromatic rings. The number of nitrogens with one attached hydrogen (secondary N) is 2. The monoisotopic (exact) mass is 304 g/mol. The summed E-state index contributed by atoms with van der Waals surface area (Å²) >= 11 is 0. The average Bonchev–Trinajstić information content (AvgIpc) is 2.92. The SMILES string of the molecule is CCOC(=O)NC(C(=O)Nc1ccc2c(c1)CCC2)C(C)C. The average molecular weight is 304 g/mol. The highest BCUT2D eigenvalue weighted by Crippen LogP contribution is 2.25. The van der Waals surface area contributed by atoms with Crippen molar-refractivity contribution in [1.29, 1.82) is 0 Å². The third-order valence-electron chi connectivity index (χ3n) is 3.86. The van der Waals surface area contributed by atoms with E-state index in [1.165, 1.54) is 17.5 Å². The Morgan fingerprint density at radius 2 is 1.95 bits per heavy atom. The molecule has 2 N–H and O–H groups in total. The van der Waals surface area contributed by atoms with Crippen molar-refractivity contribution < 1.29 is 14.3 Å². The molecule has 0 aromatic heterocycles. The first kappa shape index (κ1) is 16.3. The lowest BCUT2D eigenvalue weighted by atomic mass is 10.0. The summed E-state index contributed by atoms with van der Waals surface area (Å²) in [5.74, 6) is -0.250. The van der Waals surface area contributed by atoms with E-state index in [4.69, 9.17) is 4.74 Å². The van der Waals surface area contributed by atoms with Crippen LogP contribution in [0.5, 0.6) is 0 Å². The van der Waals surface area contributed by atoms with Crippen molar-refractivity contribution in [3.63, 3.8) is 0 Å². The molecule has 0 fully saturated rings. The number of amides is 2. The van der Waals surface area contributed by atoms with Crippen LogP contribution in [-0.2, 0) is 22.4 Å². The number of hydrogen-bond acceptors (Lipinski definition) is 3. The summed E-state index contributed by atoms with van der Waals surface area (Å²) in [5.41, 5.74) is 3.45. The van der Waals surface area contributed by atoms with E-state index in [1.807, 2.05) is 26.0 Å². The molecule has 0 saturated heterocycles. The number of hydrogen-bond donors (Lipinski definition) is 2. The van der Waals surface area contributed by atoms with Crippen molar-refractivity contribution in [2.45, 2.75) is 46.1 Å². The standard InChI is InChI=1S/C17H24N2O3/c1-4-22-17(21)19-15(11(2)3)16(20)18-14-9-8-12-6-5-7-13(12)10-14/h8-11,15H,4-7H2,1-3H3,(H,18,20)(H,19,21). The highest BCUT2D eigenvalue weighted by molar-refractivity contribution is 5.96. The topological polar surface area (TPSA) is 67.4 Å². The zero-order chi connectivity index (χ0) is 16.1. The van der Waals surface area contributed by atoms with Gasteiger partial charge in [0.05, 0.1) is 6.61 Å². The van der Waals surface area contributed by atoms with Gasteiger partial charge in [0.15, 0.2) is 0 Å². The molecule has 2 amide bonds. The number of carbonyl (C=O) groups is 2. The maximum absolute atomic E-state index is 12.4. The van der Waals surface area contributed by atoms with Crippen molar-refractivity contribution in [2.24, 2.45) is 5.92 Å². The van der Waals surface area contributed by atoms with E-state index in [-0.39, 0.29) is 18.4 Å². The molecule has 1 unspecified atom stereocenters. The summed E-state index contributed by atoms with van der Waals surface area (Å²) in [6.45, 7) is 5.79. The van der Waals surface area contributed by atoms with E-state index in [2.05, 4.69) is 16.7 Å². The number of carbonyl (C=O) groups excluding carboxylic acids is 2. The Bertz CT molecular complexity index is 555. The Kier molecular flexibility index (Phi) is 5.41. The molecule has 22 heavy (non-hydrogen) atoms. The Balaban J connectivity index is 2.03. The second-order valence-corrected chi connectivity index (χ2v) is 5.91. The minimum atomic E-state index is -0.618. The molecule has 1 atom stereocenters. The second-order valence-electron chi connectivity index (χ2n) is 5.91. The van der Waals surface area contributed by atoms with Crippen LogP contribution in [0, 0.1) is 5.92 Å². The molecule has 120 valence electrons. The number of rotatable bonds is 5. The molecule has 5 nitrogen and oxygen atoms in total. The van der Waals surface area contributed by atoms with Gasteiger partial charge in [-0.25, -0.2) is 4.79 Å². The Morgan fingerprint density at radius 3 is 2.64 bits per heavy atom. The Labute approximate surface area is 131 Å². The van der Waals surface area contributed by atoms with Crippen LogP contribution >= 0.6 is 0 Å². The molecular weight excluding hydrogens is 280 g/mol. The van der Waals surface area contributed by atoms with Gasteiger partial charge in [-0.1, -0.05) is 19.9 Å². The molecule has 2 rings (SSSR count). The lowest BCUT2D eigenvalue weighted by Gasteiger charge is -2.21. The van der Waals surface area contributed by atoms with Crippen LogP contribution < -0.4 is 10.6 Å². The van der Waals surface area contributed by atoms with Crippen molar-refractivity contribution >= 4 is 17.7 Å². The fraction of sp³-hybridized carbons (Fsp3) is 0.529. The molecule has 1 aliphatic carbocycles. The molecule has 0 bridgehead atoms. The number of ether oxygens (including phenoxy) is 1. The Hall–Kier alpha value is -2.04. The summed E-state index contributed by atoms with van der Waals surface area (Å²) in [4.78, 5) is 24.0. The van der Waals surface area contributed by atoms with Gasteiger partial charge in [-0.15, -0.1) is 0 Å². The summed E-state index contributed by atoms with van der Waals surface area (Å²) in [7, 11) is 0. The van der Waals surface area contributed by atoms with Crippen LogP contribution in [0.25, 0.3) is 0 Å². The van der Waals surface area contributed by atoms with Crippen LogP contribution in [0.1, 0.15) is 38.3 Å². The van der Waals surface area contributed by atoms with Gasteiger partial charge in [0.2, 0.25) is 5.91 Å². The van der Waals surface area contributed by atoms with E-state index in [9.17, 15) is 9.59 Å². The highest BCUT2D eigenvalue weighted by atomic mass is 16.5. The second kappa shape index (κ2) is 7.29. The van der Waals surface area contributed by atoms with Crippen molar-refractivity contribution in [2.75, 3.05) is 11.9 Å². The molecular formula is C17H24N2O3. The fourth-order valence-corrected chi connectivity index (χ4v) is 2.70. The maximum atomic E-state index is 12.4. The molecule has 5 heteroatoms. The number of benzene rings is 1. The van der Waals surface area contributed by atoms with Crippen LogP contribution in [0.15, 0.2) is 18.2 Å². The van der Waals surface area contributed by atoms with E-state index in [0.717, 1.165) is 18.5 Å². The van der Waals surface area contributed by atoms with Gasteiger partial charge < -0.3 is 15.4 Å². The predicted molar refractivity (Wildman–Crippen MR) is 85.9 cm³/mol. The van der Waals surface area contributed by atoms with Crippen molar-refractivity contribution in [3.8, 4) is 0 Å². The summed E-state index contributed by atoms with van der Waals surface area (Å²) < 4.78 is 4.85. The van der Waals surface area contributed by atoms with Gasteiger partial charge in [0.25, 0.3) is 0 Å². The van der Waals surface area contributed by atoms with Crippen LogP contribution in [0.4, 0.5) is 10.5 Å². The molecule has 0 spiro atoms. The van der Waals surface area contributed by atoms with E-state index in [0.29, 0.717) is 0 Å². The normalized spacial score (nSPS) is 14.4.